The van der Waals surface area contributed by atoms with Crippen molar-refractivity contribution in [2.24, 2.45) is 0 Å². The molecule has 1 saturated heterocycles. The lowest BCUT2D eigenvalue weighted by Gasteiger charge is -2.32. The second-order valence-electron chi connectivity index (χ2n) is 4.37. The normalized spacial score (nSPS) is 30.6. The SMILES string of the molecule is O=c1ccn([C@@]2(C(F)(F)F)C[C@H](O)[C@@H](CO)O2)c(=O)[nH]1. The van der Waals surface area contributed by atoms with E-state index >= 15 is 0 Å². The van der Waals surface area contributed by atoms with E-state index in [9.17, 15) is 27.9 Å². The molecule has 1 aromatic rings. The number of alkyl halides is 3. The molecular weight excluding hydrogens is 285 g/mol. The van der Waals surface area contributed by atoms with Gasteiger partial charge in [0.1, 0.15) is 6.10 Å². The molecule has 20 heavy (non-hydrogen) atoms. The van der Waals surface area contributed by atoms with Crippen LogP contribution in [0.15, 0.2) is 21.9 Å². The summed E-state index contributed by atoms with van der Waals surface area (Å²) in [6.07, 6.45) is -8.43. The summed E-state index contributed by atoms with van der Waals surface area (Å²) in [5.74, 6) is 0. The molecule has 0 unspecified atom stereocenters. The van der Waals surface area contributed by atoms with Crippen LogP contribution in [0.4, 0.5) is 13.2 Å². The molecule has 0 aromatic carbocycles. The minimum Gasteiger partial charge on any atom is -0.394 e. The Morgan fingerprint density at radius 3 is 2.60 bits per heavy atom. The number of H-pyrrole nitrogens is 1. The molecule has 0 radical (unpaired) electrons. The summed E-state index contributed by atoms with van der Waals surface area (Å²) in [6.45, 7) is -0.836. The number of rotatable bonds is 2. The highest BCUT2D eigenvalue weighted by Gasteiger charge is 2.64. The monoisotopic (exact) mass is 296 g/mol. The summed E-state index contributed by atoms with van der Waals surface area (Å²) in [5, 5.41) is 18.4. The van der Waals surface area contributed by atoms with E-state index in [0.29, 0.717) is 6.20 Å². The van der Waals surface area contributed by atoms with Crippen LogP contribution in [0.2, 0.25) is 0 Å². The number of aliphatic hydroxyl groups is 2. The van der Waals surface area contributed by atoms with Crippen molar-refractivity contribution in [2.45, 2.75) is 30.5 Å². The second-order valence-corrected chi connectivity index (χ2v) is 4.37. The number of aromatic nitrogens is 2. The van der Waals surface area contributed by atoms with Gasteiger partial charge in [-0.25, -0.2) is 4.79 Å². The molecule has 1 aliphatic heterocycles. The molecule has 0 aliphatic carbocycles. The van der Waals surface area contributed by atoms with Crippen LogP contribution in [-0.4, -0.2) is 44.8 Å². The Hall–Kier alpha value is -1.65. The molecule has 0 bridgehead atoms. The van der Waals surface area contributed by atoms with E-state index in [1.807, 2.05) is 0 Å². The minimum absolute atomic E-state index is 0.160. The average molecular weight is 296 g/mol. The van der Waals surface area contributed by atoms with Crippen LogP contribution >= 0.6 is 0 Å². The third-order valence-electron chi connectivity index (χ3n) is 3.10. The zero-order valence-corrected chi connectivity index (χ0v) is 9.92. The third kappa shape index (κ3) is 2.15. The standard InChI is InChI=1S/C10H11F3N2O5/c11-10(12,13)9(3-5(17)6(4-16)20-9)15-2-1-7(18)14-8(15)19/h1-2,5-6,16-17H,3-4H2,(H,14,18,19)/t5-,6+,9-/m0/s1. The van der Waals surface area contributed by atoms with Crippen molar-refractivity contribution in [3.05, 3.63) is 33.1 Å². The molecule has 3 atom stereocenters. The highest BCUT2D eigenvalue weighted by molar-refractivity contribution is 4.99. The fraction of sp³-hybridized carbons (Fsp3) is 0.600. The van der Waals surface area contributed by atoms with E-state index in [4.69, 9.17) is 9.84 Å². The molecule has 1 aromatic heterocycles. The number of hydrogen-bond acceptors (Lipinski definition) is 5. The summed E-state index contributed by atoms with van der Waals surface area (Å²) in [6, 6.07) is 0.733. The van der Waals surface area contributed by atoms with Crippen LogP contribution in [0.5, 0.6) is 0 Å². The van der Waals surface area contributed by atoms with Crippen molar-refractivity contribution in [1.29, 1.82) is 0 Å². The Labute approximate surface area is 109 Å². The summed E-state index contributed by atoms with van der Waals surface area (Å²) in [5.41, 5.74) is -5.30. The number of hydrogen-bond donors (Lipinski definition) is 3. The summed E-state index contributed by atoms with van der Waals surface area (Å²) in [7, 11) is 0. The van der Waals surface area contributed by atoms with Gasteiger partial charge < -0.3 is 14.9 Å². The number of aromatic amines is 1. The van der Waals surface area contributed by atoms with Gasteiger partial charge in [0.05, 0.1) is 12.7 Å². The lowest BCUT2D eigenvalue weighted by atomic mass is 10.1. The van der Waals surface area contributed by atoms with Gasteiger partial charge in [0, 0.05) is 18.7 Å². The van der Waals surface area contributed by atoms with Crippen molar-refractivity contribution in [1.82, 2.24) is 9.55 Å². The van der Waals surface area contributed by atoms with E-state index < -0.39 is 48.4 Å². The molecule has 10 heteroatoms. The molecule has 112 valence electrons. The largest absolute Gasteiger partial charge is 0.437 e. The van der Waals surface area contributed by atoms with Crippen LogP contribution in [0.25, 0.3) is 0 Å². The first-order valence-electron chi connectivity index (χ1n) is 5.57. The predicted molar refractivity (Wildman–Crippen MR) is 57.9 cm³/mol. The third-order valence-corrected chi connectivity index (χ3v) is 3.10. The lowest BCUT2D eigenvalue weighted by molar-refractivity contribution is -0.312. The average Bonchev–Trinajstić information content (AvgIpc) is 2.66. The zero-order chi connectivity index (χ0) is 15.1. The molecule has 1 aliphatic rings. The Bertz CT molecular complexity index is 610. The van der Waals surface area contributed by atoms with Crippen LogP contribution < -0.4 is 11.2 Å². The van der Waals surface area contributed by atoms with Crippen LogP contribution in [0.3, 0.4) is 0 Å². The van der Waals surface area contributed by atoms with E-state index in [1.165, 1.54) is 0 Å². The Kier molecular flexibility index (Phi) is 3.48. The molecule has 0 spiro atoms. The maximum Gasteiger partial charge on any atom is 0.437 e. The van der Waals surface area contributed by atoms with Crippen molar-refractivity contribution < 1.29 is 28.1 Å². The molecule has 0 saturated carbocycles. The minimum atomic E-state index is -5.03. The van der Waals surface area contributed by atoms with Gasteiger partial charge in [-0.05, 0) is 0 Å². The summed E-state index contributed by atoms with van der Waals surface area (Å²) in [4.78, 5) is 24.2. The fourth-order valence-corrected chi connectivity index (χ4v) is 2.13. The first kappa shape index (κ1) is 14.8. The second kappa shape index (κ2) is 4.72. The molecule has 3 N–H and O–H groups in total. The number of nitrogens with zero attached hydrogens (tertiary/aromatic N) is 1. The quantitative estimate of drug-likeness (QED) is 0.642. The maximum atomic E-state index is 13.3. The van der Waals surface area contributed by atoms with Crippen molar-refractivity contribution >= 4 is 0 Å². The summed E-state index contributed by atoms with van der Waals surface area (Å²) >= 11 is 0. The number of aliphatic hydroxyl groups excluding tert-OH is 2. The molecule has 2 heterocycles. The smallest absolute Gasteiger partial charge is 0.394 e. The van der Waals surface area contributed by atoms with Gasteiger partial charge in [0.15, 0.2) is 0 Å². The first-order chi connectivity index (χ1) is 9.21. The van der Waals surface area contributed by atoms with Gasteiger partial charge in [-0.15, -0.1) is 0 Å². The Balaban J connectivity index is 2.61. The van der Waals surface area contributed by atoms with Crippen LogP contribution in [-0.2, 0) is 10.5 Å². The van der Waals surface area contributed by atoms with Gasteiger partial charge in [-0.2, -0.15) is 13.2 Å². The topological polar surface area (TPSA) is 105 Å². The number of halogens is 3. The van der Waals surface area contributed by atoms with Gasteiger partial charge in [-0.3, -0.25) is 14.3 Å². The molecular formula is C10H11F3N2O5. The van der Waals surface area contributed by atoms with E-state index in [0.717, 1.165) is 6.07 Å². The van der Waals surface area contributed by atoms with Crippen LogP contribution in [0, 0.1) is 0 Å². The van der Waals surface area contributed by atoms with E-state index in [1.54, 1.807) is 4.98 Å². The first-order valence-corrected chi connectivity index (χ1v) is 5.57. The van der Waals surface area contributed by atoms with Crippen molar-refractivity contribution in [3.8, 4) is 0 Å². The van der Waals surface area contributed by atoms with E-state index in [2.05, 4.69) is 0 Å². The Morgan fingerprint density at radius 1 is 1.50 bits per heavy atom. The molecule has 2 rings (SSSR count). The van der Waals surface area contributed by atoms with Gasteiger partial charge >= 0.3 is 11.9 Å². The van der Waals surface area contributed by atoms with Gasteiger partial charge in [0.25, 0.3) is 5.56 Å². The fourth-order valence-electron chi connectivity index (χ4n) is 2.13. The maximum absolute atomic E-state index is 13.3. The van der Waals surface area contributed by atoms with E-state index in [-0.39, 0.29) is 4.57 Å². The molecule has 7 nitrogen and oxygen atoms in total. The van der Waals surface area contributed by atoms with Gasteiger partial charge in [-0.1, -0.05) is 0 Å². The van der Waals surface area contributed by atoms with Gasteiger partial charge in [0.2, 0.25) is 5.72 Å². The Morgan fingerprint density at radius 2 is 2.15 bits per heavy atom. The highest BCUT2D eigenvalue weighted by atomic mass is 19.4. The van der Waals surface area contributed by atoms with Crippen molar-refractivity contribution in [3.63, 3.8) is 0 Å². The highest BCUT2D eigenvalue weighted by Crippen LogP contribution is 2.46. The molecule has 1 fully saturated rings. The summed E-state index contributed by atoms with van der Waals surface area (Å²) < 4.78 is 44.7. The van der Waals surface area contributed by atoms with Crippen molar-refractivity contribution in [2.75, 3.05) is 6.61 Å². The zero-order valence-electron chi connectivity index (χ0n) is 9.92. The van der Waals surface area contributed by atoms with Crippen LogP contribution in [0.1, 0.15) is 6.42 Å². The lowest BCUT2D eigenvalue weighted by Crippen LogP contribution is -2.53. The molecule has 0 amide bonds. The number of ether oxygens (including phenoxy) is 1. The predicted octanol–water partition coefficient (Wildman–Crippen LogP) is -1.11. The number of nitrogens with one attached hydrogen (secondary N) is 1.